The maximum atomic E-state index is 6.33. The summed E-state index contributed by atoms with van der Waals surface area (Å²) in [5.41, 5.74) is 1.31. The van der Waals surface area contributed by atoms with Gasteiger partial charge in [0.1, 0.15) is 0 Å². The fourth-order valence-electron chi connectivity index (χ4n) is 1.63. The van der Waals surface area contributed by atoms with E-state index in [9.17, 15) is 0 Å². The molecule has 0 spiro atoms. The Bertz CT molecular complexity index is 366. The molecule has 0 aliphatic carbocycles. The normalized spacial score (nSPS) is 13.8. The average molecular weight is 294 g/mol. The van der Waals surface area contributed by atoms with Gasteiger partial charge in [-0.1, -0.05) is 50.0 Å². The third-order valence-corrected chi connectivity index (χ3v) is 4.32. The van der Waals surface area contributed by atoms with Crippen LogP contribution in [0.25, 0.3) is 0 Å². The Balaban J connectivity index is 2.46. The first-order valence-corrected chi connectivity index (χ1v) is 7.08. The summed E-state index contributed by atoms with van der Waals surface area (Å²) in [5.74, 6) is 0. The molecule has 0 radical (unpaired) electrons. The first-order valence-electron chi connectivity index (χ1n) is 5.88. The Hall–Kier alpha value is 0.0900. The molecule has 0 aliphatic rings. The summed E-state index contributed by atoms with van der Waals surface area (Å²) >= 11 is 18.3. The van der Waals surface area contributed by atoms with Crippen LogP contribution in [0.2, 0.25) is 10.0 Å². The second-order valence-electron chi connectivity index (χ2n) is 5.46. The third-order valence-electron chi connectivity index (χ3n) is 2.86. The van der Waals surface area contributed by atoms with Crippen molar-refractivity contribution in [2.75, 3.05) is 0 Å². The predicted molar refractivity (Wildman–Crippen MR) is 78.5 cm³/mol. The highest BCUT2D eigenvalue weighted by Crippen LogP contribution is 2.29. The van der Waals surface area contributed by atoms with Gasteiger partial charge in [-0.3, -0.25) is 0 Å². The monoisotopic (exact) mass is 292 g/mol. The standard InChI is InChI=1S/C14H19Cl3/c1-14(2,3)13(17)6-4-5-10-7-8-11(15)9-12(10)16/h7-9,13H,4-6H2,1-3H3. The van der Waals surface area contributed by atoms with Crippen molar-refractivity contribution < 1.29 is 0 Å². The van der Waals surface area contributed by atoms with Crippen LogP contribution in [-0.4, -0.2) is 5.38 Å². The van der Waals surface area contributed by atoms with Gasteiger partial charge in [0.15, 0.2) is 0 Å². The molecule has 0 aromatic heterocycles. The van der Waals surface area contributed by atoms with Crippen molar-refractivity contribution in [2.45, 2.75) is 45.4 Å². The summed E-state index contributed by atoms with van der Waals surface area (Å²) in [6.45, 7) is 6.50. The van der Waals surface area contributed by atoms with Crippen LogP contribution >= 0.6 is 34.8 Å². The van der Waals surface area contributed by atoms with Crippen molar-refractivity contribution >= 4 is 34.8 Å². The highest BCUT2D eigenvalue weighted by atomic mass is 35.5. The Morgan fingerprint density at radius 3 is 2.35 bits per heavy atom. The van der Waals surface area contributed by atoms with Crippen LogP contribution in [0.15, 0.2) is 18.2 Å². The van der Waals surface area contributed by atoms with Gasteiger partial charge in [0.2, 0.25) is 0 Å². The Labute approximate surface area is 119 Å². The van der Waals surface area contributed by atoms with Gasteiger partial charge in [-0.15, -0.1) is 11.6 Å². The molecule has 96 valence electrons. The van der Waals surface area contributed by atoms with E-state index in [1.54, 1.807) is 6.07 Å². The molecule has 0 aliphatic heterocycles. The van der Waals surface area contributed by atoms with Crippen molar-refractivity contribution in [3.8, 4) is 0 Å². The van der Waals surface area contributed by atoms with Gasteiger partial charge in [-0.05, 0) is 42.4 Å². The molecule has 0 fully saturated rings. The van der Waals surface area contributed by atoms with Crippen molar-refractivity contribution in [3.05, 3.63) is 33.8 Å². The van der Waals surface area contributed by atoms with E-state index in [0.29, 0.717) is 5.02 Å². The minimum Gasteiger partial charge on any atom is -0.122 e. The maximum absolute atomic E-state index is 6.33. The van der Waals surface area contributed by atoms with Crippen LogP contribution in [0.4, 0.5) is 0 Å². The van der Waals surface area contributed by atoms with Crippen molar-refractivity contribution in [2.24, 2.45) is 5.41 Å². The first-order chi connectivity index (χ1) is 7.80. The number of rotatable bonds is 4. The van der Waals surface area contributed by atoms with Gasteiger partial charge in [0.25, 0.3) is 0 Å². The van der Waals surface area contributed by atoms with Gasteiger partial charge in [0, 0.05) is 15.4 Å². The predicted octanol–water partition coefficient (Wildman–Crippen LogP) is 5.97. The van der Waals surface area contributed by atoms with Crippen molar-refractivity contribution in [1.29, 1.82) is 0 Å². The van der Waals surface area contributed by atoms with E-state index in [4.69, 9.17) is 34.8 Å². The van der Waals surface area contributed by atoms with Gasteiger partial charge in [-0.25, -0.2) is 0 Å². The van der Waals surface area contributed by atoms with Crippen LogP contribution < -0.4 is 0 Å². The molecule has 1 rings (SSSR count). The van der Waals surface area contributed by atoms with Crippen LogP contribution in [0.5, 0.6) is 0 Å². The van der Waals surface area contributed by atoms with E-state index in [1.807, 2.05) is 12.1 Å². The molecule has 0 bridgehead atoms. The van der Waals surface area contributed by atoms with E-state index in [1.165, 1.54) is 0 Å². The molecule has 1 aromatic rings. The minimum absolute atomic E-state index is 0.158. The lowest BCUT2D eigenvalue weighted by molar-refractivity contribution is 0.369. The summed E-state index contributed by atoms with van der Waals surface area (Å²) in [7, 11) is 0. The molecule has 0 amide bonds. The smallest absolute Gasteiger partial charge is 0.0452 e. The minimum atomic E-state index is 0.158. The molecule has 0 nitrogen and oxygen atoms in total. The number of alkyl halides is 1. The molecular weight excluding hydrogens is 275 g/mol. The molecule has 17 heavy (non-hydrogen) atoms. The van der Waals surface area contributed by atoms with Crippen LogP contribution in [0.3, 0.4) is 0 Å². The first kappa shape index (κ1) is 15.1. The fraction of sp³-hybridized carbons (Fsp3) is 0.571. The third kappa shape index (κ3) is 5.07. The van der Waals surface area contributed by atoms with Crippen LogP contribution in [0.1, 0.15) is 39.2 Å². The van der Waals surface area contributed by atoms with E-state index in [-0.39, 0.29) is 10.8 Å². The zero-order chi connectivity index (χ0) is 13.1. The lowest BCUT2D eigenvalue weighted by Gasteiger charge is -2.25. The second-order valence-corrected chi connectivity index (χ2v) is 6.83. The fourth-order valence-corrected chi connectivity index (χ4v) is 2.29. The van der Waals surface area contributed by atoms with E-state index >= 15 is 0 Å². The number of hydrogen-bond donors (Lipinski definition) is 0. The zero-order valence-corrected chi connectivity index (χ0v) is 12.8. The number of hydrogen-bond acceptors (Lipinski definition) is 0. The maximum Gasteiger partial charge on any atom is 0.0452 e. The average Bonchev–Trinajstić information content (AvgIpc) is 2.19. The highest BCUT2D eigenvalue weighted by Gasteiger charge is 2.21. The number of aryl methyl sites for hydroxylation is 1. The summed E-state index contributed by atoms with van der Waals surface area (Å²) in [5, 5.41) is 1.64. The molecule has 1 aromatic carbocycles. The Morgan fingerprint density at radius 2 is 1.82 bits per heavy atom. The SMILES string of the molecule is CC(C)(C)C(Cl)CCCc1ccc(Cl)cc1Cl. The summed E-state index contributed by atoms with van der Waals surface area (Å²) in [6, 6.07) is 5.66. The van der Waals surface area contributed by atoms with Crippen LogP contribution in [-0.2, 0) is 6.42 Å². The van der Waals surface area contributed by atoms with E-state index < -0.39 is 0 Å². The van der Waals surface area contributed by atoms with Crippen molar-refractivity contribution in [3.63, 3.8) is 0 Å². The van der Waals surface area contributed by atoms with Gasteiger partial charge in [-0.2, -0.15) is 0 Å². The quantitative estimate of drug-likeness (QED) is 0.600. The van der Waals surface area contributed by atoms with Gasteiger partial charge < -0.3 is 0 Å². The molecule has 0 heterocycles. The largest absolute Gasteiger partial charge is 0.122 e. The summed E-state index contributed by atoms with van der Waals surface area (Å²) in [4.78, 5) is 0. The molecule has 0 saturated carbocycles. The molecule has 1 atom stereocenters. The highest BCUT2D eigenvalue weighted by molar-refractivity contribution is 6.35. The Kier molecular flexibility index (Phi) is 5.63. The summed E-state index contributed by atoms with van der Waals surface area (Å²) in [6.07, 6.45) is 3.01. The van der Waals surface area contributed by atoms with Gasteiger partial charge in [0.05, 0.1) is 0 Å². The second kappa shape index (κ2) is 6.31. The van der Waals surface area contributed by atoms with Crippen LogP contribution in [0, 0.1) is 5.41 Å². The van der Waals surface area contributed by atoms with Crippen molar-refractivity contribution in [1.82, 2.24) is 0 Å². The number of benzene rings is 1. The molecule has 0 saturated heterocycles. The van der Waals surface area contributed by atoms with E-state index in [0.717, 1.165) is 29.8 Å². The topological polar surface area (TPSA) is 0 Å². The molecular formula is C14H19Cl3. The zero-order valence-electron chi connectivity index (χ0n) is 10.6. The molecule has 1 unspecified atom stereocenters. The van der Waals surface area contributed by atoms with E-state index in [2.05, 4.69) is 20.8 Å². The lowest BCUT2D eigenvalue weighted by atomic mass is 9.88. The molecule has 3 heteroatoms. The number of halogens is 3. The lowest BCUT2D eigenvalue weighted by Crippen LogP contribution is -2.20. The Morgan fingerprint density at radius 1 is 1.18 bits per heavy atom. The molecule has 0 N–H and O–H groups in total. The summed E-state index contributed by atoms with van der Waals surface area (Å²) < 4.78 is 0. The van der Waals surface area contributed by atoms with Gasteiger partial charge >= 0.3 is 0 Å².